The molecule has 0 aliphatic carbocycles. The number of carbonyl (C=O) groups excluding carboxylic acids is 1. The number of aliphatic hydroxyl groups excluding tert-OH is 1. The number of hydrogen-bond donors (Lipinski definition) is 2. The van der Waals surface area contributed by atoms with Crippen LogP contribution in [0.25, 0.3) is 11.0 Å². The maximum Gasteiger partial charge on any atom is 0.251 e. The fourth-order valence-electron chi connectivity index (χ4n) is 3.63. The first-order valence-corrected chi connectivity index (χ1v) is 9.19. The Morgan fingerprint density at radius 1 is 1.37 bits per heavy atom. The van der Waals surface area contributed by atoms with Crippen molar-refractivity contribution in [3.63, 3.8) is 0 Å². The second-order valence-electron chi connectivity index (χ2n) is 7.14. The van der Waals surface area contributed by atoms with E-state index in [1.165, 1.54) is 0 Å². The molecule has 4 rings (SSSR count). The van der Waals surface area contributed by atoms with E-state index in [1.54, 1.807) is 12.3 Å². The number of carbonyl (C=O) groups is 1. The van der Waals surface area contributed by atoms with E-state index in [9.17, 15) is 9.90 Å². The van der Waals surface area contributed by atoms with E-state index < -0.39 is 6.10 Å². The fourth-order valence-corrected chi connectivity index (χ4v) is 3.63. The molecular formula is C21H23N3O3. The molecule has 1 aromatic carbocycles. The number of furan rings is 1. The smallest absolute Gasteiger partial charge is 0.251 e. The van der Waals surface area contributed by atoms with E-state index >= 15 is 0 Å². The molecule has 0 spiro atoms. The number of pyridine rings is 1. The Balaban J connectivity index is 1.37. The van der Waals surface area contributed by atoms with Crippen molar-refractivity contribution in [1.29, 1.82) is 0 Å². The van der Waals surface area contributed by atoms with Gasteiger partial charge in [0, 0.05) is 43.0 Å². The second-order valence-corrected chi connectivity index (χ2v) is 7.14. The van der Waals surface area contributed by atoms with E-state index in [4.69, 9.17) is 4.42 Å². The number of hydrogen-bond acceptors (Lipinski definition) is 5. The molecule has 3 heterocycles. The van der Waals surface area contributed by atoms with Crippen LogP contribution in [0.15, 0.2) is 53.2 Å². The van der Waals surface area contributed by atoms with Crippen molar-refractivity contribution in [2.75, 3.05) is 13.1 Å². The van der Waals surface area contributed by atoms with Gasteiger partial charge in [0.15, 0.2) is 0 Å². The van der Waals surface area contributed by atoms with Crippen molar-refractivity contribution in [2.45, 2.75) is 32.0 Å². The largest absolute Gasteiger partial charge is 0.461 e. The standard InChI is InChI=1S/C21H23N3O3/c1-14-9-17-10-16(4-5-20(17)27-14)21(26)23-18-6-8-24(13-19(18)25)12-15-3-2-7-22-11-15/h2-5,7,9-11,18-19,25H,6,8,12-13H2,1H3,(H,23,26)/t18-,19-/m1/s1. The molecule has 6 heteroatoms. The van der Waals surface area contributed by atoms with Gasteiger partial charge in [-0.25, -0.2) is 0 Å². The van der Waals surface area contributed by atoms with Crippen molar-refractivity contribution in [1.82, 2.24) is 15.2 Å². The number of rotatable bonds is 4. The van der Waals surface area contributed by atoms with Gasteiger partial charge in [-0.2, -0.15) is 0 Å². The van der Waals surface area contributed by atoms with E-state index in [2.05, 4.69) is 15.2 Å². The number of amides is 1. The number of nitrogens with one attached hydrogen (secondary N) is 1. The lowest BCUT2D eigenvalue weighted by atomic mass is 10.0. The molecule has 1 aliphatic heterocycles. The molecule has 2 N–H and O–H groups in total. The summed E-state index contributed by atoms with van der Waals surface area (Å²) >= 11 is 0. The van der Waals surface area contributed by atoms with Gasteiger partial charge in [0.1, 0.15) is 11.3 Å². The molecular weight excluding hydrogens is 342 g/mol. The number of fused-ring (bicyclic) bond motifs is 1. The van der Waals surface area contributed by atoms with Gasteiger partial charge in [-0.15, -0.1) is 0 Å². The minimum absolute atomic E-state index is 0.166. The summed E-state index contributed by atoms with van der Waals surface area (Å²) in [6.45, 7) is 3.98. The minimum Gasteiger partial charge on any atom is -0.461 e. The van der Waals surface area contributed by atoms with Crippen molar-refractivity contribution in [3.8, 4) is 0 Å². The van der Waals surface area contributed by atoms with E-state index in [0.717, 1.165) is 35.4 Å². The van der Waals surface area contributed by atoms with Crippen LogP contribution >= 0.6 is 0 Å². The van der Waals surface area contributed by atoms with Crippen molar-refractivity contribution >= 4 is 16.9 Å². The molecule has 1 amide bonds. The molecule has 1 fully saturated rings. The third-order valence-corrected chi connectivity index (χ3v) is 5.01. The first-order chi connectivity index (χ1) is 13.1. The highest BCUT2D eigenvalue weighted by Gasteiger charge is 2.29. The molecule has 6 nitrogen and oxygen atoms in total. The van der Waals surface area contributed by atoms with Gasteiger partial charge in [0.25, 0.3) is 5.91 Å². The topological polar surface area (TPSA) is 78.6 Å². The average Bonchev–Trinajstić information content (AvgIpc) is 3.04. The monoisotopic (exact) mass is 365 g/mol. The summed E-state index contributed by atoms with van der Waals surface area (Å²) in [5, 5.41) is 14.4. The zero-order valence-corrected chi connectivity index (χ0v) is 15.3. The molecule has 0 unspecified atom stereocenters. The number of benzene rings is 1. The van der Waals surface area contributed by atoms with Crippen LogP contribution in [0.2, 0.25) is 0 Å². The van der Waals surface area contributed by atoms with E-state index in [1.807, 2.05) is 43.5 Å². The lowest BCUT2D eigenvalue weighted by Crippen LogP contribution is -2.53. The number of piperidine rings is 1. The summed E-state index contributed by atoms with van der Waals surface area (Å²) in [6.07, 6.45) is 3.70. The lowest BCUT2D eigenvalue weighted by molar-refractivity contribution is 0.0349. The first kappa shape index (κ1) is 17.7. The summed E-state index contributed by atoms with van der Waals surface area (Å²) < 4.78 is 5.55. The van der Waals surface area contributed by atoms with Gasteiger partial charge in [0.2, 0.25) is 0 Å². The van der Waals surface area contributed by atoms with Crippen LogP contribution < -0.4 is 5.32 Å². The summed E-state index contributed by atoms with van der Waals surface area (Å²) in [6, 6.07) is 11.0. The molecule has 1 aliphatic rings. The third kappa shape index (κ3) is 4.02. The van der Waals surface area contributed by atoms with E-state index in [0.29, 0.717) is 18.5 Å². The summed E-state index contributed by atoms with van der Waals surface area (Å²) in [4.78, 5) is 18.9. The molecule has 27 heavy (non-hydrogen) atoms. The molecule has 2 atom stereocenters. The van der Waals surface area contributed by atoms with Gasteiger partial charge >= 0.3 is 0 Å². The predicted molar refractivity (Wildman–Crippen MR) is 102 cm³/mol. The third-order valence-electron chi connectivity index (χ3n) is 5.01. The van der Waals surface area contributed by atoms with Crippen LogP contribution in [0.1, 0.15) is 28.1 Å². The first-order valence-electron chi connectivity index (χ1n) is 9.19. The normalized spacial score (nSPS) is 20.7. The Kier molecular flexibility index (Phi) is 4.92. The predicted octanol–water partition coefficient (Wildman–Crippen LogP) is 2.50. The van der Waals surface area contributed by atoms with Gasteiger partial charge in [-0.1, -0.05) is 6.07 Å². The van der Waals surface area contributed by atoms with Gasteiger partial charge < -0.3 is 14.8 Å². The second kappa shape index (κ2) is 7.50. The Bertz CT molecular complexity index is 938. The Hall–Kier alpha value is -2.70. The number of aromatic nitrogens is 1. The molecule has 2 aromatic heterocycles. The molecule has 0 saturated carbocycles. The average molecular weight is 365 g/mol. The maximum absolute atomic E-state index is 12.6. The van der Waals surface area contributed by atoms with Crippen LogP contribution in [-0.2, 0) is 6.54 Å². The maximum atomic E-state index is 12.6. The number of β-amino-alcohol motifs (C(OH)–C–C–N with tert-alkyl or cyclic N) is 1. The molecule has 0 bridgehead atoms. The van der Waals surface area contributed by atoms with Crippen molar-refractivity contribution in [3.05, 3.63) is 65.7 Å². The summed E-state index contributed by atoms with van der Waals surface area (Å²) in [7, 11) is 0. The minimum atomic E-state index is -0.598. The summed E-state index contributed by atoms with van der Waals surface area (Å²) in [5.74, 6) is 0.652. The molecule has 1 saturated heterocycles. The quantitative estimate of drug-likeness (QED) is 0.743. The van der Waals surface area contributed by atoms with Gasteiger partial charge in [-0.05, 0) is 49.2 Å². The molecule has 0 radical (unpaired) electrons. The number of nitrogens with zero attached hydrogens (tertiary/aromatic N) is 2. The number of aryl methyl sites for hydroxylation is 1. The van der Waals surface area contributed by atoms with Crippen LogP contribution in [0.3, 0.4) is 0 Å². The van der Waals surface area contributed by atoms with Gasteiger partial charge in [0.05, 0.1) is 12.1 Å². The van der Waals surface area contributed by atoms with Gasteiger partial charge in [-0.3, -0.25) is 14.7 Å². The van der Waals surface area contributed by atoms with Crippen LogP contribution in [0.5, 0.6) is 0 Å². The SMILES string of the molecule is Cc1cc2cc(C(=O)N[C@@H]3CCN(Cc4cccnc4)C[C@H]3O)ccc2o1. The van der Waals surface area contributed by atoms with Crippen LogP contribution in [-0.4, -0.2) is 46.1 Å². The number of aliphatic hydroxyl groups is 1. The van der Waals surface area contributed by atoms with Crippen molar-refractivity contribution in [2.24, 2.45) is 0 Å². The lowest BCUT2D eigenvalue weighted by Gasteiger charge is -2.36. The molecule has 3 aromatic rings. The van der Waals surface area contributed by atoms with E-state index in [-0.39, 0.29) is 11.9 Å². The van der Waals surface area contributed by atoms with Crippen LogP contribution in [0, 0.1) is 6.92 Å². The van der Waals surface area contributed by atoms with Crippen LogP contribution in [0.4, 0.5) is 0 Å². The Morgan fingerprint density at radius 2 is 2.26 bits per heavy atom. The zero-order chi connectivity index (χ0) is 18.8. The highest BCUT2D eigenvalue weighted by Crippen LogP contribution is 2.21. The molecule has 140 valence electrons. The zero-order valence-electron chi connectivity index (χ0n) is 15.3. The fraction of sp³-hybridized carbons (Fsp3) is 0.333. The Morgan fingerprint density at radius 3 is 3.04 bits per heavy atom. The Labute approximate surface area is 157 Å². The number of likely N-dealkylation sites (tertiary alicyclic amines) is 1. The summed E-state index contributed by atoms with van der Waals surface area (Å²) in [5.41, 5.74) is 2.47. The van der Waals surface area contributed by atoms with Crippen molar-refractivity contribution < 1.29 is 14.3 Å². The highest BCUT2D eigenvalue weighted by molar-refractivity contribution is 5.98. The highest BCUT2D eigenvalue weighted by atomic mass is 16.3.